The molecule has 0 radical (unpaired) electrons. The second-order valence-electron chi connectivity index (χ2n) is 11.4. The summed E-state index contributed by atoms with van der Waals surface area (Å²) in [6.07, 6.45) is 3.29. The number of unbranched alkanes of at least 4 members (excludes halogenated alkanes) is 1. The highest BCUT2D eigenvalue weighted by Crippen LogP contribution is 2.42. The molecule has 2 fully saturated rings. The molecule has 46 heavy (non-hydrogen) atoms. The quantitative estimate of drug-likeness (QED) is 0.335. The Morgan fingerprint density at radius 2 is 1.72 bits per heavy atom. The van der Waals surface area contributed by atoms with Crippen molar-refractivity contribution in [2.45, 2.75) is 61.8 Å². The SMILES string of the molecule is CCCCOC(=O)N1CCN(C(=O)Oc2ccc(C[C@H](NC(=O)[C@H]3N(S(=O)(=O)c4cccnc4)CSC3(C)C)C(=O)O)cc2)CC1. The van der Waals surface area contributed by atoms with Crippen LogP contribution < -0.4 is 10.1 Å². The number of aromatic nitrogens is 1. The van der Waals surface area contributed by atoms with Gasteiger partial charge in [0.2, 0.25) is 15.9 Å². The van der Waals surface area contributed by atoms with Gasteiger partial charge in [0.05, 0.1) is 12.5 Å². The van der Waals surface area contributed by atoms with Gasteiger partial charge < -0.3 is 29.7 Å². The number of hydrogen-bond donors (Lipinski definition) is 2. The Hall–Kier alpha value is -3.89. The van der Waals surface area contributed by atoms with Gasteiger partial charge in [0, 0.05) is 49.7 Å². The van der Waals surface area contributed by atoms with Gasteiger partial charge in [0.15, 0.2) is 0 Å². The third-order valence-corrected chi connectivity index (χ3v) is 11.0. The minimum Gasteiger partial charge on any atom is -0.480 e. The lowest BCUT2D eigenvalue weighted by Gasteiger charge is -2.33. The van der Waals surface area contributed by atoms with Gasteiger partial charge in [0.25, 0.3) is 0 Å². The highest BCUT2D eigenvalue weighted by molar-refractivity contribution is 8.02. The second-order valence-corrected chi connectivity index (χ2v) is 14.9. The molecule has 0 spiro atoms. The Balaban J connectivity index is 1.34. The van der Waals surface area contributed by atoms with Gasteiger partial charge in [-0.15, -0.1) is 11.8 Å². The first-order chi connectivity index (χ1) is 21.8. The number of sulfonamides is 1. The van der Waals surface area contributed by atoms with Crippen molar-refractivity contribution < 1.29 is 42.2 Å². The fourth-order valence-corrected chi connectivity index (χ4v) is 8.17. The number of carbonyl (C=O) groups excluding carboxylic acids is 3. The van der Waals surface area contributed by atoms with Crippen LogP contribution in [0.15, 0.2) is 53.7 Å². The van der Waals surface area contributed by atoms with E-state index in [1.54, 1.807) is 30.9 Å². The molecule has 2 saturated heterocycles. The molecule has 16 heteroatoms. The molecule has 0 aliphatic carbocycles. The van der Waals surface area contributed by atoms with Crippen molar-refractivity contribution in [1.29, 1.82) is 0 Å². The molecular weight excluding hydrogens is 638 g/mol. The summed E-state index contributed by atoms with van der Waals surface area (Å²) >= 11 is 1.28. The van der Waals surface area contributed by atoms with Crippen LogP contribution in [-0.2, 0) is 30.8 Å². The van der Waals surface area contributed by atoms with Crippen LogP contribution in [0.2, 0.25) is 0 Å². The lowest BCUT2D eigenvalue weighted by atomic mass is 10.0. The minimum absolute atomic E-state index is 0.0154. The molecule has 2 aliphatic rings. The predicted octanol–water partition coefficient (Wildman–Crippen LogP) is 2.79. The molecule has 2 atom stereocenters. The van der Waals surface area contributed by atoms with E-state index >= 15 is 0 Å². The molecule has 2 aliphatic heterocycles. The number of piperazine rings is 1. The van der Waals surface area contributed by atoms with Crippen molar-refractivity contribution in [2.75, 3.05) is 38.7 Å². The molecule has 1 aromatic heterocycles. The van der Waals surface area contributed by atoms with Crippen molar-refractivity contribution in [2.24, 2.45) is 0 Å². The Morgan fingerprint density at radius 3 is 2.30 bits per heavy atom. The lowest BCUT2D eigenvalue weighted by molar-refractivity contribution is -0.142. The fraction of sp³-hybridized carbons (Fsp3) is 0.500. The maximum Gasteiger partial charge on any atom is 0.415 e. The lowest BCUT2D eigenvalue weighted by Crippen LogP contribution is -2.56. The third-order valence-electron chi connectivity index (χ3n) is 7.70. The minimum atomic E-state index is -4.08. The van der Waals surface area contributed by atoms with Crippen LogP contribution in [0.1, 0.15) is 39.2 Å². The van der Waals surface area contributed by atoms with Gasteiger partial charge in [-0.25, -0.2) is 22.8 Å². The number of thioether (sulfide) groups is 1. The zero-order valence-electron chi connectivity index (χ0n) is 26.0. The van der Waals surface area contributed by atoms with Crippen molar-refractivity contribution in [1.82, 2.24) is 24.4 Å². The maximum atomic E-state index is 13.5. The number of nitrogens with zero attached hydrogens (tertiary/aromatic N) is 4. The number of carbonyl (C=O) groups is 4. The number of pyridine rings is 1. The van der Waals surface area contributed by atoms with E-state index in [2.05, 4.69) is 10.3 Å². The van der Waals surface area contributed by atoms with Gasteiger partial charge in [-0.05, 0) is 50.1 Å². The van der Waals surface area contributed by atoms with E-state index in [4.69, 9.17) is 9.47 Å². The summed E-state index contributed by atoms with van der Waals surface area (Å²) in [5, 5.41) is 12.4. The van der Waals surface area contributed by atoms with Gasteiger partial charge >= 0.3 is 18.2 Å². The number of amides is 3. The number of carboxylic acid groups (broad SMARTS) is 1. The normalized spacial score (nSPS) is 18.9. The number of hydrogen-bond acceptors (Lipinski definition) is 10. The van der Waals surface area contributed by atoms with Crippen LogP contribution in [0.25, 0.3) is 0 Å². The van der Waals surface area contributed by atoms with Crippen molar-refractivity contribution in [3.8, 4) is 5.75 Å². The highest BCUT2D eigenvalue weighted by Gasteiger charge is 2.51. The average molecular weight is 678 g/mol. The number of rotatable bonds is 11. The van der Waals surface area contributed by atoms with E-state index < -0.39 is 50.9 Å². The number of ether oxygens (including phenoxy) is 2. The van der Waals surface area contributed by atoms with Crippen LogP contribution in [0.3, 0.4) is 0 Å². The number of nitrogens with one attached hydrogen (secondary N) is 1. The molecular formula is C30H39N5O9S2. The van der Waals surface area contributed by atoms with Crippen molar-refractivity contribution >= 4 is 45.8 Å². The Bertz CT molecular complexity index is 1500. The Morgan fingerprint density at radius 1 is 1.07 bits per heavy atom. The zero-order valence-corrected chi connectivity index (χ0v) is 27.6. The zero-order chi connectivity index (χ0) is 33.5. The Labute approximate surface area is 272 Å². The molecule has 2 N–H and O–H groups in total. The van der Waals surface area contributed by atoms with Crippen LogP contribution in [0, 0.1) is 0 Å². The number of benzene rings is 1. The molecule has 3 amide bonds. The standard InChI is InChI=1S/C30H39N5O9S2/c1-4-5-17-43-28(39)33-13-15-34(16-14-33)29(40)44-22-10-8-21(9-11-22)18-24(27(37)38)32-26(36)25-30(2,3)45-20-35(25)46(41,42)23-7-6-12-31-19-23/h6-12,19,24-25H,4-5,13-18,20H2,1-3H3,(H,32,36)(H,37,38)/t24-,25+/m0/s1. The van der Waals surface area contributed by atoms with E-state index in [-0.39, 0.29) is 36.0 Å². The molecule has 1 aromatic carbocycles. The monoisotopic (exact) mass is 677 g/mol. The second kappa shape index (κ2) is 15.1. The molecule has 14 nitrogen and oxygen atoms in total. The summed E-state index contributed by atoms with van der Waals surface area (Å²) in [6, 6.07) is 6.58. The van der Waals surface area contributed by atoms with Gasteiger partial charge in [-0.3, -0.25) is 9.78 Å². The third kappa shape index (κ3) is 8.47. The molecule has 2 aromatic rings. The van der Waals surface area contributed by atoms with Crippen LogP contribution in [-0.4, -0.2) is 112 Å². The first-order valence-electron chi connectivity index (χ1n) is 14.9. The molecule has 0 unspecified atom stereocenters. The highest BCUT2D eigenvalue weighted by atomic mass is 32.2. The van der Waals surface area contributed by atoms with E-state index in [0.29, 0.717) is 25.3 Å². The first kappa shape index (κ1) is 35.0. The van der Waals surface area contributed by atoms with Crippen molar-refractivity contribution in [3.05, 3.63) is 54.4 Å². The topological polar surface area (TPSA) is 176 Å². The summed E-state index contributed by atoms with van der Waals surface area (Å²) in [4.78, 5) is 57.3. The number of carboxylic acids is 1. The molecule has 250 valence electrons. The molecule has 0 saturated carbocycles. The molecule has 3 heterocycles. The maximum absolute atomic E-state index is 13.5. The summed E-state index contributed by atoms with van der Waals surface area (Å²) in [5.41, 5.74) is 0.544. The van der Waals surface area contributed by atoms with Crippen molar-refractivity contribution in [3.63, 3.8) is 0 Å². The van der Waals surface area contributed by atoms with Gasteiger partial charge in [-0.1, -0.05) is 25.5 Å². The summed E-state index contributed by atoms with van der Waals surface area (Å²) in [5.74, 6) is -1.76. The van der Waals surface area contributed by atoms with E-state index in [1.807, 2.05) is 6.92 Å². The fourth-order valence-electron chi connectivity index (χ4n) is 5.03. The van der Waals surface area contributed by atoms with Gasteiger partial charge in [-0.2, -0.15) is 4.31 Å². The van der Waals surface area contributed by atoms with E-state index in [1.165, 1.54) is 53.3 Å². The predicted molar refractivity (Wildman–Crippen MR) is 169 cm³/mol. The summed E-state index contributed by atoms with van der Waals surface area (Å²) < 4.78 is 37.6. The molecule has 0 bridgehead atoms. The summed E-state index contributed by atoms with van der Waals surface area (Å²) in [7, 11) is -4.08. The van der Waals surface area contributed by atoms with Crippen LogP contribution in [0.4, 0.5) is 9.59 Å². The summed E-state index contributed by atoms with van der Waals surface area (Å²) in [6.45, 7) is 7.07. The average Bonchev–Trinajstić information content (AvgIpc) is 3.37. The smallest absolute Gasteiger partial charge is 0.415 e. The van der Waals surface area contributed by atoms with Crippen LogP contribution >= 0.6 is 11.8 Å². The van der Waals surface area contributed by atoms with Gasteiger partial charge in [0.1, 0.15) is 22.7 Å². The first-order valence-corrected chi connectivity index (χ1v) is 17.3. The van der Waals surface area contributed by atoms with Crippen LogP contribution in [0.5, 0.6) is 5.75 Å². The van der Waals surface area contributed by atoms with E-state index in [9.17, 15) is 32.7 Å². The van der Waals surface area contributed by atoms with E-state index in [0.717, 1.165) is 17.1 Å². The largest absolute Gasteiger partial charge is 0.480 e. The molecule has 4 rings (SSSR count). The Kier molecular flexibility index (Phi) is 11.5. The number of aliphatic carboxylic acids is 1.